The van der Waals surface area contributed by atoms with E-state index < -0.39 is 10.4 Å². The Labute approximate surface area is 76.2 Å². The van der Waals surface area contributed by atoms with Gasteiger partial charge in [-0.2, -0.15) is 8.42 Å². The van der Waals surface area contributed by atoms with Crippen molar-refractivity contribution in [1.82, 2.24) is 0 Å². The van der Waals surface area contributed by atoms with Crippen LogP contribution in [0.5, 0.6) is 0 Å². The summed E-state index contributed by atoms with van der Waals surface area (Å²) in [5, 5.41) is 7.39. The van der Waals surface area contributed by atoms with Crippen molar-refractivity contribution in [2.45, 2.75) is 0 Å². The molecule has 0 aliphatic carbocycles. The van der Waals surface area contributed by atoms with Crippen molar-refractivity contribution in [3.8, 4) is 6.26 Å². The second-order valence-corrected chi connectivity index (χ2v) is 1.62. The first-order chi connectivity index (χ1) is 3.06. The average molecular weight is 165 g/mol. The molecule has 0 aromatic heterocycles. The first kappa shape index (κ1) is 11.3. The number of nitrogens with zero attached hydrogens (tertiary/aromatic N) is 1. The zero-order valence-corrected chi connectivity index (χ0v) is 3.84. The van der Waals surface area contributed by atoms with Crippen LogP contribution in [0.4, 0.5) is 0 Å². The first-order valence-electron chi connectivity index (χ1n) is 1.11. The molecule has 7 heteroatoms. The van der Waals surface area contributed by atoms with Gasteiger partial charge in [0.15, 0.2) is 0 Å². The van der Waals surface area contributed by atoms with Crippen LogP contribution in [-0.4, -0.2) is 50.7 Å². The molecule has 0 amide bonds. The van der Waals surface area contributed by atoms with E-state index in [0.29, 0.717) is 0 Å². The fourth-order valence-corrected chi connectivity index (χ4v) is 0.141. The summed E-state index contributed by atoms with van der Waals surface area (Å²) in [6, 6.07) is 0. The minimum atomic E-state index is -4.54. The van der Waals surface area contributed by atoms with Crippen molar-refractivity contribution in [2.75, 3.05) is 0 Å². The quantitative estimate of drug-likeness (QED) is 0.286. The van der Waals surface area contributed by atoms with E-state index in [0.717, 1.165) is 6.26 Å². The number of nitriles is 1. The van der Waals surface area contributed by atoms with Gasteiger partial charge < -0.3 is 0 Å². The van der Waals surface area contributed by atoms with Crippen molar-refractivity contribution < 1.29 is 17.2 Å². The fourth-order valence-electron chi connectivity index (χ4n) is 0.0471. The Morgan fingerprint density at radius 3 is 2.00 bits per heavy atom. The molecule has 0 saturated carbocycles. The predicted molar refractivity (Wildman–Crippen MR) is 26.8 cm³/mol. The molecule has 44 valence electrons. The van der Waals surface area contributed by atoms with Crippen molar-refractivity contribution in [3.63, 3.8) is 0 Å². The molecule has 0 atom stereocenters. The van der Waals surface area contributed by atoms with Gasteiger partial charge in [-0.3, -0.25) is 8.74 Å². The molecular weight excluding hydrogens is 162 g/mol. The zero-order valence-electron chi connectivity index (χ0n) is 3.03. The molecule has 0 saturated heterocycles. The van der Waals surface area contributed by atoms with Crippen molar-refractivity contribution in [1.29, 1.82) is 5.26 Å². The third-order valence-electron chi connectivity index (χ3n) is 0.143. The molecular formula is CH3CaNO4S. The second kappa shape index (κ2) is 4.35. The Bertz CT molecular complexity index is 177. The third kappa shape index (κ3) is 9.68. The van der Waals surface area contributed by atoms with Crippen LogP contribution in [0.25, 0.3) is 0 Å². The maximum atomic E-state index is 9.34. The van der Waals surface area contributed by atoms with Gasteiger partial charge in [-0.1, -0.05) is 0 Å². The van der Waals surface area contributed by atoms with E-state index in [4.69, 9.17) is 9.81 Å². The third-order valence-corrected chi connectivity index (χ3v) is 0.428. The number of hydrogen-bond donors (Lipinski definition) is 1. The molecule has 0 radical (unpaired) electrons. The molecule has 0 fully saturated rings. The fraction of sp³-hybridized carbons (Fsp3) is 0. The first-order valence-corrected chi connectivity index (χ1v) is 2.48. The van der Waals surface area contributed by atoms with Gasteiger partial charge in [-0.05, 0) is 0 Å². The molecule has 0 heterocycles. The van der Waals surface area contributed by atoms with Crippen LogP contribution < -0.4 is 0 Å². The van der Waals surface area contributed by atoms with Crippen LogP contribution in [-0.2, 0) is 14.6 Å². The summed E-state index contributed by atoms with van der Waals surface area (Å²) in [5.41, 5.74) is 0. The second-order valence-electron chi connectivity index (χ2n) is 0.602. The standard InChI is InChI=1S/CHNO4S.Ca.2H/c2-1-6-7(3,4)5;;;/h(H,3,4,5);;;. The Morgan fingerprint density at radius 2 is 2.00 bits per heavy atom. The van der Waals surface area contributed by atoms with Crippen LogP contribution in [0.1, 0.15) is 0 Å². The van der Waals surface area contributed by atoms with E-state index >= 15 is 0 Å². The van der Waals surface area contributed by atoms with Crippen molar-refractivity contribution in [2.24, 2.45) is 0 Å². The van der Waals surface area contributed by atoms with Gasteiger partial charge >= 0.3 is 54.4 Å². The summed E-state index contributed by atoms with van der Waals surface area (Å²) < 4.78 is 29.3. The number of rotatable bonds is 1. The van der Waals surface area contributed by atoms with Crippen molar-refractivity contribution >= 4 is 48.1 Å². The van der Waals surface area contributed by atoms with E-state index in [1.54, 1.807) is 0 Å². The Balaban J connectivity index is 0. The molecule has 1 N–H and O–H groups in total. The summed E-state index contributed by atoms with van der Waals surface area (Å²) in [4.78, 5) is 0. The summed E-state index contributed by atoms with van der Waals surface area (Å²) in [5.74, 6) is 0. The molecule has 0 aromatic carbocycles. The molecule has 5 nitrogen and oxygen atoms in total. The van der Waals surface area contributed by atoms with E-state index in [1.807, 2.05) is 0 Å². The summed E-state index contributed by atoms with van der Waals surface area (Å²) in [6.07, 6.45) is 0.770. The van der Waals surface area contributed by atoms with Crippen LogP contribution in [0.3, 0.4) is 0 Å². The van der Waals surface area contributed by atoms with Gasteiger partial charge in [0.25, 0.3) is 0 Å². The van der Waals surface area contributed by atoms with Crippen LogP contribution in [0.15, 0.2) is 0 Å². The van der Waals surface area contributed by atoms with E-state index in [9.17, 15) is 8.42 Å². The molecule has 0 aliphatic heterocycles. The molecule has 0 spiro atoms. The molecule has 0 unspecified atom stereocenters. The SMILES string of the molecule is N#COS(=O)(=O)O.[CaH2]. The Hall–Kier alpha value is 0.460. The van der Waals surface area contributed by atoms with Crippen molar-refractivity contribution in [3.05, 3.63) is 0 Å². The van der Waals surface area contributed by atoms with Gasteiger partial charge in [-0.25, -0.2) is 0 Å². The van der Waals surface area contributed by atoms with E-state index in [1.165, 1.54) is 0 Å². The molecule has 0 aliphatic rings. The minimum absolute atomic E-state index is 0. The Kier molecular flexibility index (Phi) is 6.13. The van der Waals surface area contributed by atoms with E-state index in [-0.39, 0.29) is 37.7 Å². The van der Waals surface area contributed by atoms with E-state index in [2.05, 4.69) is 4.18 Å². The summed E-state index contributed by atoms with van der Waals surface area (Å²) >= 11 is 0. The maximum absolute atomic E-state index is 9.34. The monoisotopic (exact) mass is 165 g/mol. The van der Waals surface area contributed by atoms with Crippen LogP contribution >= 0.6 is 0 Å². The molecule has 8 heavy (non-hydrogen) atoms. The van der Waals surface area contributed by atoms with Gasteiger partial charge in [0.05, 0.1) is 0 Å². The predicted octanol–water partition coefficient (Wildman–Crippen LogP) is -1.63. The Morgan fingerprint density at radius 1 is 1.62 bits per heavy atom. The molecule has 0 aromatic rings. The zero-order chi connectivity index (χ0) is 5.91. The summed E-state index contributed by atoms with van der Waals surface area (Å²) in [7, 11) is -4.54. The van der Waals surface area contributed by atoms with Gasteiger partial charge in [0.1, 0.15) is 0 Å². The summed E-state index contributed by atoms with van der Waals surface area (Å²) in [6.45, 7) is 0. The topological polar surface area (TPSA) is 87.4 Å². The van der Waals surface area contributed by atoms with Crippen LogP contribution in [0, 0.1) is 11.5 Å². The van der Waals surface area contributed by atoms with Gasteiger partial charge in [0.2, 0.25) is 0 Å². The number of hydrogen-bond acceptors (Lipinski definition) is 4. The van der Waals surface area contributed by atoms with Gasteiger partial charge in [-0.15, -0.1) is 5.26 Å². The normalized spacial score (nSPS) is 8.50. The molecule has 0 rings (SSSR count). The molecule has 0 bridgehead atoms. The average Bonchev–Trinajstić information content (AvgIpc) is 1.30. The van der Waals surface area contributed by atoms with Gasteiger partial charge in [0, 0.05) is 0 Å². The van der Waals surface area contributed by atoms with Crippen LogP contribution in [0.2, 0.25) is 0 Å².